The zero-order valence-electron chi connectivity index (χ0n) is 23.2. The Morgan fingerprint density at radius 2 is 0.690 bits per heavy atom. The summed E-state index contributed by atoms with van der Waals surface area (Å²) in [7, 11) is -1.41. The largest absolute Gasteiger partial charge is 0.264 e. The van der Waals surface area contributed by atoms with Crippen molar-refractivity contribution in [2.45, 2.75) is 0 Å². The van der Waals surface area contributed by atoms with Gasteiger partial charge in [0, 0.05) is 18.0 Å². The number of hydrogen-bond acceptors (Lipinski definition) is 1. The second kappa shape index (κ2) is 14.0. The fourth-order valence-corrected chi connectivity index (χ4v) is 9.90. The number of rotatable bonds is 9. The van der Waals surface area contributed by atoms with Crippen LogP contribution in [0.3, 0.4) is 0 Å². The van der Waals surface area contributed by atoms with Crippen LogP contribution in [-0.4, -0.2) is 6.21 Å². The predicted octanol–water partition coefficient (Wildman–Crippen LogP) is 7.29. The summed E-state index contributed by atoms with van der Waals surface area (Å²) in [6, 6.07) is 60.7. The van der Waals surface area contributed by atoms with Crippen LogP contribution in [0.15, 0.2) is 181 Å². The highest BCUT2D eigenvalue weighted by Gasteiger charge is 2.19. The third kappa shape index (κ3) is 6.56. The summed E-state index contributed by atoms with van der Waals surface area (Å²) < 4.78 is 0. The molecule has 0 heterocycles. The van der Waals surface area contributed by atoms with Crippen molar-refractivity contribution >= 4 is 60.0 Å². The van der Waals surface area contributed by atoms with Crippen molar-refractivity contribution in [3.05, 3.63) is 187 Å². The Hall–Kier alpha value is -4.41. The van der Waals surface area contributed by atoms with Crippen molar-refractivity contribution in [1.29, 1.82) is 0 Å². The molecule has 0 aliphatic carbocycles. The second-order valence-electron chi connectivity index (χ2n) is 9.72. The first-order chi connectivity index (χ1) is 20.9. The van der Waals surface area contributed by atoms with Crippen LogP contribution < -0.4 is 31.8 Å². The molecule has 6 aromatic rings. The number of aliphatic imine (C=N–C) groups is 1. The van der Waals surface area contributed by atoms with Gasteiger partial charge in [-0.1, -0.05) is 170 Å². The van der Waals surface area contributed by atoms with Crippen molar-refractivity contribution in [1.82, 2.24) is 0 Å². The molecule has 0 fully saturated rings. The highest BCUT2D eigenvalue weighted by Crippen LogP contribution is 2.35. The highest BCUT2D eigenvalue weighted by atomic mass is 31.1. The third-order valence-corrected chi connectivity index (χ3v) is 12.0. The molecule has 0 radical (unpaired) electrons. The monoisotopic (exact) mass is 575 g/mol. The van der Waals surface area contributed by atoms with E-state index in [0.717, 1.165) is 5.56 Å². The minimum Gasteiger partial charge on any atom is -0.264 e. The molecule has 0 aromatic heterocycles. The van der Waals surface area contributed by atoms with Gasteiger partial charge in [-0.3, -0.25) is 4.99 Å². The molecule has 0 amide bonds. The maximum absolute atomic E-state index is 4.83. The lowest BCUT2D eigenvalue weighted by Crippen LogP contribution is -2.23. The van der Waals surface area contributed by atoms with Gasteiger partial charge < -0.3 is 0 Å². The van der Waals surface area contributed by atoms with Gasteiger partial charge in [0.2, 0.25) is 0 Å². The van der Waals surface area contributed by atoms with E-state index in [1.807, 2.05) is 12.4 Å². The Balaban J connectivity index is 1.33. The SMILES string of the molecule is C(=C/c1ccccc1P(c1ccccc1)c1ccccc1)/N=C\c1ccccc1P(c1ccccc1)c1ccccc1. The molecule has 0 atom stereocenters. The Kier molecular flexibility index (Phi) is 9.23. The molecule has 0 aliphatic rings. The average Bonchev–Trinajstić information content (AvgIpc) is 3.07. The third-order valence-electron chi connectivity index (χ3n) is 6.97. The first-order valence-electron chi connectivity index (χ1n) is 14.1. The van der Waals surface area contributed by atoms with Gasteiger partial charge in [-0.25, -0.2) is 0 Å². The van der Waals surface area contributed by atoms with Crippen LogP contribution in [0.4, 0.5) is 0 Å². The second-order valence-corrected chi connectivity index (χ2v) is 14.1. The highest BCUT2D eigenvalue weighted by molar-refractivity contribution is 7.80. The van der Waals surface area contributed by atoms with E-state index >= 15 is 0 Å². The fourth-order valence-electron chi connectivity index (χ4n) is 5.04. The lowest BCUT2D eigenvalue weighted by molar-refractivity contribution is 1.59. The van der Waals surface area contributed by atoms with E-state index in [1.54, 1.807) is 0 Å². The molecule has 6 rings (SSSR count). The normalized spacial score (nSPS) is 11.6. The minimum absolute atomic E-state index is 0.697. The molecule has 202 valence electrons. The first-order valence-corrected chi connectivity index (χ1v) is 16.7. The van der Waals surface area contributed by atoms with Crippen molar-refractivity contribution in [3.8, 4) is 0 Å². The summed E-state index contributed by atoms with van der Waals surface area (Å²) in [4.78, 5) is 4.83. The standard InChI is InChI=1S/C39H31NP2/c1-5-19-34(20-6-1)41(35-21-7-2-8-22-35)38-27-15-13-17-32(38)29-30-40-31-33-18-14-16-28-39(33)42(36-23-9-3-10-24-36)37-25-11-4-12-26-37/h1-31H/b30-29-,40-31-. The van der Waals surface area contributed by atoms with Crippen LogP contribution in [-0.2, 0) is 0 Å². The van der Waals surface area contributed by atoms with Crippen molar-refractivity contribution < 1.29 is 0 Å². The molecule has 0 saturated carbocycles. The zero-order valence-corrected chi connectivity index (χ0v) is 25.0. The van der Waals surface area contributed by atoms with Gasteiger partial charge in [0.1, 0.15) is 0 Å². The molecule has 0 N–H and O–H groups in total. The summed E-state index contributed by atoms with van der Waals surface area (Å²) in [6.45, 7) is 0. The van der Waals surface area contributed by atoms with E-state index in [0.29, 0.717) is 0 Å². The Bertz CT molecular complexity index is 1550. The van der Waals surface area contributed by atoms with E-state index in [-0.39, 0.29) is 0 Å². The van der Waals surface area contributed by atoms with Gasteiger partial charge in [-0.2, -0.15) is 0 Å². The molecule has 6 aromatic carbocycles. The molecule has 0 bridgehead atoms. The maximum atomic E-state index is 4.83. The molecule has 3 heteroatoms. The minimum atomic E-state index is -0.710. The van der Waals surface area contributed by atoms with Crippen molar-refractivity contribution in [2.75, 3.05) is 0 Å². The van der Waals surface area contributed by atoms with Gasteiger partial charge >= 0.3 is 0 Å². The molecule has 0 saturated heterocycles. The summed E-state index contributed by atoms with van der Waals surface area (Å²) in [5.41, 5.74) is 2.34. The van der Waals surface area contributed by atoms with Crippen LogP contribution in [0, 0.1) is 0 Å². The molecule has 1 nitrogen and oxygen atoms in total. The van der Waals surface area contributed by atoms with Crippen LogP contribution >= 0.6 is 15.8 Å². The maximum Gasteiger partial charge on any atom is 0.0346 e. The summed E-state index contributed by atoms with van der Waals surface area (Å²) in [6.07, 6.45) is 6.09. The van der Waals surface area contributed by atoms with Gasteiger partial charge in [-0.15, -0.1) is 0 Å². The van der Waals surface area contributed by atoms with Crippen LogP contribution in [0.25, 0.3) is 6.08 Å². The molecule has 0 aliphatic heterocycles. The predicted molar refractivity (Wildman–Crippen MR) is 187 cm³/mol. The van der Waals surface area contributed by atoms with Crippen LogP contribution in [0.2, 0.25) is 0 Å². The molecule has 42 heavy (non-hydrogen) atoms. The topological polar surface area (TPSA) is 12.4 Å². The molecule has 0 unspecified atom stereocenters. The van der Waals surface area contributed by atoms with E-state index in [4.69, 9.17) is 4.99 Å². The zero-order chi connectivity index (χ0) is 28.4. The van der Waals surface area contributed by atoms with Gasteiger partial charge in [0.25, 0.3) is 0 Å². The Morgan fingerprint density at radius 3 is 1.12 bits per heavy atom. The van der Waals surface area contributed by atoms with Crippen LogP contribution in [0.5, 0.6) is 0 Å². The quantitative estimate of drug-likeness (QED) is 0.127. The van der Waals surface area contributed by atoms with E-state index < -0.39 is 15.8 Å². The summed E-state index contributed by atoms with van der Waals surface area (Å²) >= 11 is 0. The van der Waals surface area contributed by atoms with Crippen molar-refractivity contribution in [3.63, 3.8) is 0 Å². The molecule has 0 spiro atoms. The van der Waals surface area contributed by atoms with Gasteiger partial charge in [0.05, 0.1) is 0 Å². The Labute approximate surface area is 251 Å². The lowest BCUT2D eigenvalue weighted by atomic mass is 10.2. The summed E-state index contributed by atoms with van der Waals surface area (Å²) in [5, 5.41) is 7.98. The smallest absolute Gasteiger partial charge is 0.0346 e. The van der Waals surface area contributed by atoms with Gasteiger partial charge in [0.15, 0.2) is 0 Å². The first kappa shape index (κ1) is 27.7. The molecular weight excluding hydrogens is 544 g/mol. The average molecular weight is 576 g/mol. The number of hydrogen-bond donors (Lipinski definition) is 0. The van der Waals surface area contributed by atoms with E-state index in [9.17, 15) is 0 Å². The number of nitrogens with zero attached hydrogens (tertiary/aromatic N) is 1. The summed E-state index contributed by atoms with van der Waals surface area (Å²) in [5.74, 6) is 0. The lowest BCUT2D eigenvalue weighted by Gasteiger charge is -2.21. The Morgan fingerprint density at radius 1 is 0.357 bits per heavy atom. The fraction of sp³-hybridized carbons (Fsp3) is 0. The van der Waals surface area contributed by atoms with Gasteiger partial charge in [-0.05, 0) is 59.3 Å². The van der Waals surface area contributed by atoms with E-state index in [1.165, 1.54) is 37.4 Å². The molecular formula is C39H31NP2. The van der Waals surface area contributed by atoms with E-state index in [2.05, 4.69) is 176 Å². The number of benzene rings is 6. The van der Waals surface area contributed by atoms with Crippen molar-refractivity contribution in [2.24, 2.45) is 4.99 Å². The van der Waals surface area contributed by atoms with Crippen LogP contribution in [0.1, 0.15) is 11.1 Å².